The van der Waals surface area contributed by atoms with E-state index in [9.17, 15) is 0 Å². The summed E-state index contributed by atoms with van der Waals surface area (Å²) in [5, 5.41) is 0. The van der Waals surface area contributed by atoms with Crippen LogP contribution in [-0.4, -0.2) is 0 Å². The van der Waals surface area contributed by atoms with Crippen LogP contribution in [0.15, 0.2) is 0 Å². The van der Waals surface area contributed by atoms with Crippen LogP contribution in [0.1, 0.15) is 0 Å². The Balaban J connectivity index is -0.00000000396. The molecule has 0 saturated carbocycles. The number of hydrogen-bond donors (Lipinski definition) is 0. The Morgan fingerprint density at radius 1 is 0.143 bits per heavy atom. The summed E-state index contributed by atoms with van der Waals surface area (Å²) in [5.41, 5.74) is 0. The van der Waals surface area contributed by atoms with Crippen LogP contribution in [0.4, 0.5) is 0 Å². The van der Waals surface area contributed by atoms with Gasteiger partial charge in [0.25, 0.3) is 0 Å². The van der Waals surface area contributed by atoms with Crippen molar-refractivity contribution in [3.8, 4) is 0 Å². The van der Waals surface area contributed by atoms with E-state index < -0.39 is 0 Å². The van der Waals surface area contributed by atoms with Crippen LogP contribution in [0.25, 0.3) is 0 Å². The SMILES string of the molecule is [C-]#[O+].[C-]#[O+].[C-]#[O+].[C-]#[O+].[C-]#[O+].[C-]#[O+].[C-]#[O+].[C-]#[O+].[C-]#[O+].[C-]#[O+].[C-]#[O+].[C-]#[O+].[Ir].[Ir].[Ir].[Ir]. The fourth-order valence-electron chi connectivity index (χ4n) is 0. The van der Waals surface area contributed by atoms with Gasteiger partial charge in [0.15, 0.2) is 0 Å². The van der Waals surface area contributed by atoms with Crippen LogP contribution in [0.3, 0.4) is 0 Å². The maximum atomic E-state index is 7.50. The molecule has 0 saturated heterocycles. The Hall–Kier alpha value is -0.523. The zero-order chi connectivity index (χ0) is 24.0. The zero-order valence-electron chi connectivity index (χ0n) is 12.2. The molecule has 0 aromatic heterocycles. The predicted molar refractivity (Wildman–Crippen MR) is 47.2 cm³/mol. The van der Waals surface area contributed by atoms with E-state index >= 15 is 0 Å². The van der Waals surface area contributed by atoms with E-state index in [-0.39, 0.29) is 80.4 Å². The molecule has 0 aromatic carbocycles. The molecule has 156 valence electrons. The van der Waals surface area contributed by atoms with Crippen LogP contribution in [-0.2, 0) is 136 Å². The van der Waals surface area contributed by atoms with E-state index in [4.69, 9.17) is 55.8 Å². The average molecular weight is 1100 g/mol. The monoisotopic (exact) mass is 1110 g/mol. The van der Waals surface area contributed by atoms with E-state index in [2.05, 4.69) is 79.8 Å². The molecule has 0 aromatic rings. The minimum atomic E-state index is 0. The van der Waals surface area contributed by atoms with Crippen molar-refractivity contribution in [2.75, 3.05) is 0 Å². The molecule has 0 bridgehead atoms. The maximum absolute atomic E-state index is 7.50. The van der Waals surface area contributed by atoms with E-state index in [0.717, 1.165) is 0 Å². The summed E-state index contributed by atoms with van der Waals surface area (Å²) in [5.74, 6) is 0. The smallest absolute Gasteiger partial charge is 0 e. The third-order valence-electron chi connectivity index (χ3n) is 0. The first-order valence-electron chi connectivity index (χ1n) is 2.45. The van der Waals surface area contributed by atoms with Crippen molar-refractivity contribution < 1.29 is 136 Å². The van der Waals surface area contributed by atoms with Gasteiger partial charge in [-0.15, -0.1) is 0 Å². The van der Waals surface area contributed by atoms with Crippen LogP contribution in [0, 0.1) is 79.8 Å². The molecule has 12 nitrogen and oxygen atoms in total. The van der Waals surface area contributed by atoms with Gasteiger partial charge in [-0.3, -0.25) is 0 Å². The number of rotatable bonds is 0. The second-order valence-corrected chi connectivity index (χ2v) is 0. The van der Waals surface area contributed by atoms with Crippen molar-refractivity contribution >= 4 is 0 Å². The van der Waals surface area contributed by atoms with Crippen molar-refractivity contribution in [1.82, 2.24) is 0 Å². The molecular weight excluding hydrogens is 1100 g/mol. The van der Waals surface area contributed by atoms with Crippen molar-refractivity contribution in [3.05, 3.63) is 79.8 Å². The second-order valence-electron chi connectivity index (χ2n) is 0. The molecular formula is C12Ir4O12. The fraction of sp³-hybridized carbons (Fsp3) is 0. The summed E-state index contributed by atoms with van der Waals surface area (Å²) in [6.45, 7) is 54.0. The molecule has 0 heterocycles. The Morgan fingerprint density at radius 2 is 0.143 bits per heavy atom. The molecule has 0 atom stereocenters. The molecule has 0 unspecified atom stereocenters. The number of hydrogen-bond acceptors (Lipinski definition) is 0. The largest absolute Gasteiger partial charge is 0 e. The fourth-order valence-corrected chi connectivity index (χ4v) is 0. The Bertz CT molecular complexity index is 227. The van der Waals surface area contributed by atoms with Crippen molar-refractivity contribution in [2.45, 2.75) is 0 Å². The second kappa shape index (κ2) is 62900. The van der Waals surface area contributed by atoms with E-state index in [1.807, 2.05) is 0 Å². The molecule has 28 heavy (non-hydrogen) atoms. The first-order chi connectivity index (χ1) is 12.0. The van der Waals surface area contributed by atoms with Crippen molar-refractivity contribution in [1.29, 1.82) is 0 Å². The minimum Gasteiger partial charge on any atom is 0 e. The van der Waals surface area contributed by atoms with Crippen molar-refractivity contribution in [3.63, 3.8) is 0 Å². The van der Waals surface area contributed by atoms with Gasteiger partial charge in [0.1, 0.15) is 0 Å². The zero-order valence-corrected chi connectivity index (χ0v) is 21.8. The normalized spacial score (nSPS) is 0.857. The third-order valence-corrected chi connectivity index (χ3v) is 0. The maximum Gasteiger partial charge on any atom is 0 e. The summed E-state index contributed by atoms with van der Waals surface area (Å²) in [7, 11) is 0. The van der Waals surface area contributed by atoms with Crippen LogP contribution < -0.4 is 0 Å². The van der Waals surface area contributed by atoms with Gasteiger partial charge >= 0.3 is 136 Å². The third kappa shape index (κ3) is 55900. The molecule has 16 heteroatoms. The topological polar surface area (TPSA) is 239 Å². The Morgan fingerprint density at radius 3 is 0.143 bits per heavy atom. The van der Waals surface area contributed by atoms with Gasteiger partial charge in [-0.05, 0) is 0 Å². The molecule has 0 amide bonds. The molecule has 0 N–H and O–H groups in total. The molecule has 0 spiro atoms. The van der Waals surface area contributed by atoms with E-state index in [1.54, 1.807) is 0 Å². The Labute approximate surface area is 214 Å². The van der Waals surface area contributed by atoms with Crippen LogP contribution >= 0.6 is 0 Å². The molecule has 4 radical (unpaired) electrons. The molecule has 0 aliphatic carbocycles. The minimum absolute atomic E-state index is 0. The van der Waals surface area contributed by atoms with Gasteiger partial charge in [0, 0.05) is 80.4 Å². The van der Waals surface area contributed by atoms with Crippen LogP contribution in [0.5, 0.6) is 0 Å². The van der Waals surface area contributed by atoms with Gasteiger partial charge in [-0.2, -0.15) is 0 Å². The van der Waals surface area contributed by atoms with E-state index in [0.29, 0.717) is 0 Å². The summed E-state index contributed by atoms with van der Waals surface area (Å²) in [6, 6.07) is 0. The summed E-state index contributed by atoms with van der Waals surface area (Å²) in [4.78, 5) is 0. The summed E-state index contributed by atoms with van der Waals surface area (Å²) in [6.07, 6.45) is 0. The van der Waals surface area contributed by atoms with E-state index in [1.165, 1.54) is 0 Å². The molecule has 0 rings (SSSR count). The van der Waals surface area contributed by atoms with Gasteiger partial charge in [0.2, 0.25) is 0 Å². The summed E-state index contributed by atoms with van der Waals surface area (Å²) < 4.78 is 90.0. The predicted octanol–water partition coefficient (Wildman–Crippen LogP) is -0.460. The Kier molecular flexibility index (Phi) is 329000. The van der Waals surface area contributed by atoms with Gasteiger partial charge in [-0.1, -0.05) is 0 Å². The standard InChI is InChI=1S/12CO.4Ir/c12*1-2;;;;. The van der Waals surface area contributed by atoms with Gasteiger partial charge in [-0.25, -0.2) is 0 Å². The molecule has 0 fully saturated rings. The molecule has 0 aliphatic heterocycles. The first-order valence-corrected chi connectivity index (χ1v) is 2.45. The average Bonchev–Trinajstić information content (AvgIpc) is 2.84. The van der Waals surface area contributed by atoms with Gasteiger partial charge < -0.3 is 0 Å². The van der Waals surface area contributed by atoms with Gasteiger partial charge in [0.05, 0.1) is 0 Å². The van der Waals surface area contributed by atoms with Crippen LogP contribution in [0.2, 0.25) is 0 Å². The molecule has 0 aliphatic rings. The van der Waals surface area contributed by atoms with Crippen molar-refractivity contribution in [2.24, 2.45) is 0 Å². The summed E-state index contributed by atoms with van der Waals surface area (Å²) >= 11 is 0. The quantitative estimate of drug-likeness (QED) is 0.221. The first kappa shape index (κ1) is 146.